The Morgan fingerprint density at radius 2 is 1.19 bits per heavy atom. The van der Waals surface area contributed by atoms with Crippen LogP contribution in [-0.4, -0.2) is 68.6 Å². The number of rotatable bonds is 13. The summed E-state index contributed by atoms with van der Waals surface area (Å²) in [4.78, 5) is 37.2. The zero-order valence-electron chi connectivity index (χ0n) is 37.5. The Labute approximate surface area is 387 Å². The third kappa shape index (κ3) is 12.4. The molecule has 0 fully saturated rings. The van der Waals surface area contributed by atoms with Gasteiger partial charge in [-0.15, -0.1) is 0 Å². The van der Waals surface area contributed by atoms with Gasteiger partial charge in [-0.25, -0.2) is 18.4 Å². The zero-order chi connectivity index (χ0) is 48.6. The lowest BCUT2D eigenvalue weighted by molar-refractivity contribution is 0.0783. The number of carbonyl (C=O) groups excluding carboxylic acids is 2. The lowest BCUT2D eigenvalue weighted by Crippen LogP contribution is -2.22. The number of aliphatic hydroxyl groups is 2. The molecule has 6 aromatic heterocycles. The SMILES string of the molecule is Cn1cc(-c2cc(Oc3ccc(NC(=O)Nc4cc(C(C)(C)CO)no4)c(F)c3)ccn2)cn1.Cn1cc(-c2cc(Oc3ccc(NC(=O)Nc4cncc(C(C)(C)O)c4)c(F)c3)ccn2)cn1. The fourth-order valence-corrected chi connectivity index (χ4v) is 6.09. The minimum atomic E-state index is -1.11. The molecule has 0 aliphatic rings. The Morgan fingerprint density at radius 3 is 1.66 bits per heavy atom. The summed E-state index contributed by atoms with van der Waals surface area (Å²) in [5, 5.41) is 41.4. The molecule has 6 heterocycles. The topological polar surface area (TPSA) is 242 Å². The molecule has 2 aromatic carbocycles. The second kappa shape index (κ2) is 20.3. The molecule has 0 aliphatic carbocycles. The van der Waals surface area contributed by atoms with E-state index in [-0.39, 0.29) is 35.4 Å². The number of halogens is 2. The third-order valence-corrected chi connectivity index (χ3v) is 9.85. The van der Waals surface area contributed by atoms with E-state index in [4.69, 9.17) is 14.0 Å². The van der Waals surface area contributed by atoms with Crippen LogP contribution >= 0.6 is 0 Å². The number of nitrogens with one attached hydrogen (secondary N) is 4. The number of benzene rings is 2. The first kappa shape index (κ1) is 47.4. The van der Waals surface area contributed by atoms with Gasteiger partial charge in [-0.1, -0.05) is 19.0 Å². The van der Waals surface area contributed by atoms with Crippen LogP contribution < -0.4 is 30.7 Å². The van der Waals surface area contributed by atoms with Crippen molar-refractivity contribution in [2.24, 2.45) is 14.1 Å². The van der Waals surface area contributed by atoms with Crippen LogP contribution in [0, 0.1) is 11.6 Å². The lowest BCUT2D eigenvalue weighted by Gasteiger charge is -2.18. The number of aliphatic hydroxyl groups excluding tert-OH is 1. The van der Waals surface area contributed by atoms with E-state index in [1.54, 1.807) is 98.2 Å². The third-order valence-electron chi connectivity index (χ3n) is 9.85. The van der Waals surface area contributed by atoms with Crippen molar-refractivity contribution in [1.82, 2.24) is 39.7 Å². The second-order valence-corrected chi connectivity index (χ2v) is 16.3. The van der Waals surface area contributed by atoms with Gasteiger partial charge in [-0.3, -0.25) is 29.6 Å². The predicted molar refractivity (Wildman–Crippen MR) is 247 cm³/mol. The number of anilines is 4. The molecule has 6 N–H and O–H groups in total. The van der Waals surface area contributed by atoms with E-state index in [9.17, 15) is 28.6 Å². The van der Waals surface area contributed by atoms with Crippen LogP contribution in [0.5, 0.6) is 23.0 Å². The Kier molecular flexibility index (Phi) is 14.2. The highest BCUT2D eigenvalue weighted by molar-refractivity contribution is 6.00. The molecule has 8 rings (SSSR count). The highest BCUT2D eigenvalue weighted by Gasteiger charge is 2.25. The first-order valence-electron chi connectivity index (χ1n) is 20.7. The van der Waals surface area contributed by atoms with E-state index in [1.165, 1.54) is 42.7 Å². The Morgan fingerprint density at radius 1 is 0.676 bits per heavy atom. The smallest absolute Gasteiger partial charge is 0.326 e. The number of urea groups is 2. The zero-order valence-corrected chi connectivity index (χ0v) is 37.5. The van der Waals surface area contributed by atoms with Crippen molar-refractivity contribution in [3.63, 3.8) is 0 Å². The lowest BCUT2D eigenvalue weighted by atomic mass is 9.91. The standard InChI is InChI=1S/C24H23FN6O3.C23H23FN6O4/c1-24(2,33)16-8-17(13-26-12-16)29-23(32)30-21-5-4-18(9-20(21)25)34-19-6-7-27-22(10-19)15-11-28-31(3)14-15;1-23(2,13-31)20-10-21(34-29-20)28-22(32)27-18-5-4-15(8-17(18)24)33-16-6-7-25-19(9-16)14-11-26-30(3)12-14/h4-14,33H,1-3H3,(H2,29,30,32);4-12,31H,13H2,1-3H3,(H2,27,28,32). The molecule has 0 bridgehead atoms. The number of nitrogens with zero attached hydrogens (tertiary/aromatic N) is 8. The maximum Gasteiger partial charge on any atom is 0.326 e. The largest absolute Gasteiger partial charge is 0.457 e. The number of ether oxygens (including phenoxy) is 2. The van der Waals surface area contributed by atoms with E-state index in [0.29, 0.717) is 39.8 Å². The fourth-order valence-electron chi connectivity index (χ4n) is 6.09. The maximum atomic E-state index is 14.6. The summed E-state index contributed by atoms with van der Waals surface area (Å²) in [5.74, 6) is 0.166. The highest BCUT2D eigenvalue weighted by atomic mass is 19.1. The van der Waals surface area contributed by atoms with Crippen molar-refractivity contribution in [2.45, 2.75) is 38.7 Å². The molecule has 0 spiro atoms. The van der Waals surface area contributed by atoms with Crippen LogP contribution in [0.4, 0.5) is 41.3 Å². The number of amides is 4. The van der Waals surface area contributed by atoms with Crippen LogP contribution in [0.25, 0.3) is 22.5 Å². The molecule has 350 valence electrons. The molecule has 19 nitrogen and oxygen atoms in total. The van der Waals surface area contributed by atoms with Gasteiger partial charge < -0.3 is 40.2 Å². The molecule has 0 atom stereocenters. The van der Waals surface area contributed by atoms with Crippen molar-refractivity contribution in [3.05, 3.63) is 145 Å². The average molecular weight is 929 g/mol. The van der Waals surface area contributed by atoms with Crippen LogP contribution in [0.3, 0.4) is 0 Å². The average Bonchev–Trinajstić information content (AvgIpc) is 4.08. The van der Waals surface area contributed by atoms with Crippen LogP contribution in [0.15, 0.2) is 127 Å². The number of carbonyl (C=O) groups is 2. The maximum absolute atomic E-state index is 14.6. The summed E-state index contributed by atoms with van der Waals surface area (Å²) >= 11 is 0. The Balaban J connectivity index is 0.000000201. The predicted octanol–water partition coefficient (Wildman–Crippen LogP) is 9.00. The monoisotopic (exact) mass is 928 g/mol. The van der Waals surface area contributed by atoms with Crippen molar-refractivity contribution in [1.29, 1.82) is 0 Å². The molecular weight excluding hydrogens is 883 g/mol. The van der Waals surface area contributed by atoms with Crippen molar-refractivity contribution >= 4 is 35.0 Å². The van der Waals surface area contributed by atoms with E-state index < -0.39 is 34.7 Å². The Bertz CT molecular complexity index is 3050. The van der Waals surface area contributed by atoms with Gasteiger partial charge in [0.05, 0.1) is 64.9 Å². The first-order valence-corrected chi connectivity index (χ1v) is 20.7. The van der Waals surface area contributed by atoms with Crippen molar-refractivity contribution in [3.8, 4) is 45.5 Å². The Hall–Kier alpha value is -8.56. The van der Waals surface area contributed by atoms with E-state index in [0.717, 1.165) is 17.2 Å². The fraction of sp³-hybridized carbons (Fsp3) is 0.191. The number of pyridine rings is 3. The summed E-state index contributed by atoms with van der Waals surface area (Å²) in [6.07, 6.45) is 13.1. The molecule has 4 amide bonds. The molecule has 0 saturated carbocycles. The molecule has 8 aromatic rings. The van der Waals surface area contributed by atoms with Gasteiger partial charge in [0.15, 0.2) is 0 Å². The molecule has 21 heteroatoms. The van der Waals surface area contributed by atoms with Gasteiger partial charge in [0.1, 0.15) is 34.6 Å². The molecular formula is C47H46F2N12O7. The number of aromatic nitrogens is 8. The first-order chi connectivity index (χ1) is 32.4. The quantitative estimate of drug-likeness (QED) is 0.0633. The molecule has 0 aliphatic heterocycles. The van der Waals surface area contributed by atoms with Crippen LogP contribution in [-0.2, 0) is 25.1 Å². The van der Waals surface area contributed by atoms with E-state index in [2.05, 4.69) is 51.6 Å². The number of hydrogen-bond acceptors (Lipinski definition) is 13. The van der Waals surface area contributed by atoms with Gasteiger partial charge in [-0.2, -0.15) is 10.2 Å². The minimum Gasteiger partial charge on any atom is -0.457 e. The summed E-state index contributed by atoms with van der Waals surface area (Å²) in [6, 6.07) is 16.7. The van der Waals surface area contributed by atoms with Gasteiger partial charge >= 0.3 is 12.1 Å². The number of hydrogen-bond donors (Lipinski definition) is 6. The van der Waals surface area contributed by atoms with Crippen LogP contribution in [0.1, 0.15) is 39.0 Å². The normalized spacial score (nSPS) is 11.3. The van der Waals surface area contributed by atoms with Crippen molar-refractivity contribution in [2.75, 3.05) is 27.9 Å². The minimum absolute atomic E-state index is 0.0257. The van der Waals surface area contributed by atoms with Crippen LogP contribution in [0.2, 0.25) is 0 Å². The summed E-state index contributed by atoms with van der Waals surface area (Å²) in [5.41, 5.74) is 2.53. The molecule has 0 unspecified atom stereocenters. The van der Waals surface area contributed by atoms with Gasteiger partial charge in [0, 0.05) is 97.5 Å². The summed E-state index contributed by atoms with van der Waals surface area (Å²) < 4.78 is 49.1. The van der Waals surface area contributed by atoms with Gasteiger partial charge in [-0.05, 0) is 56.3 Å². The van der Waals surface area contributed by atoms with Gasteiger partial charge in [0.25, 0.3) is 0 Å². The van der Waals surface area contributed by atoms with Crippen molar-refractivity contribution < 1.29 is 42.6 Å². The van der Waals surface area contributed by atoms with E-state index >= 15 is 0 Å². The van der Waals surface area contributed by atoms with Gasteiger partial charge in [0.2, 0.25) is 5.88 Å². The summed E-state index contributed by atoms with van der Waals surface area (Å²) in [6.45, 7) is 6.63. The molecule has 0 saturated heterocycles. The number of aryl methyl sites for hydroxylation is 2. The highest BCUT2D eigenvalue weighted by Crippen LogP contribution is 2.31. The second-order valence-electron chi connectivity index (χ2n) is 16.3. The summed E-state index contributed by atoms with van der Waals surface area (Å²) in [7, 11) is 3.62. The van der Waals surface area contributed by atoms with E-state index in [1.807, 2.05) is 26.5 Å². The molecule has 68 heavy (non-hydrogen) atoms. The molecule has 0 radical (unpaired) electrons.